The molecule has 3 aliphatic rings. The van der Waals surface area contributed by atoms with Gasteiger partial charge in [-0.3, -0.25) is 14.5 Å². The van der Waals surface area contributed by atoms with Gasteiger partial charge >= 0.3 is 12.2 Å². The predicted octanol–water partition coefficient (Wildman–Crippen LogP) is 6.35. The number of amides is 4. The van der Waals surface area contributed by atoms with Crippen molar-refractivity contribution in [2.24, 2.45) is 5.92 Å². The van der Waals surface area contributed by atoms with Crippen molar-refractivity contribution < 1.29 is 28.7 Å². The van der Waals surface area contributed by atoms with E-state index in [1.165, 1.54) is 14.2 Å². The van der Waals surface area contributed by atoms with Gasteiger partial charge in [-0.15, -0.1) is 0 Å². The van der Waals surface area contributed by atoms with E-state index in [0.29, 0.717) is 43.0 Å². The fourth-order valence-electron chi connectivity index (χ4n) is 8.57. The van der Waals surface area contributed by atoms with E-state index in [0.717, 1.165) is 63.3 Å². The largest absolute Gasteiger partial charge is 0.453 e. The number of ether oxygens (including phenoxy) is 2. The van der Waals surface area contributed by atoms with E-state index < -0.39 is 24.3 Å². The van der Waals surface area contributed by atoms with Crippen molar-refractivity contribution in [3.05, 3.63) is 101 Å². The lowest BCUT2D eigenvalue weighted by Gasteiger charge is -2.30. The van der Waals surface area contributed by atoms with Gasteiger partial charge in [-0.2, -0.15) is 5.26 Å². The summed E-state index contributed by atoms with van der Waals surface area (Å²) < 4.78 is 9.56. The second-order valence-corrected chi connectivity index (χ2v) is 15.4. The zero-order valence-corrected chi connectivity index (χ0v) is 33.2. The number of H-pyrrole nitrogens is 2. The van der Waals surface area contributed by atoms with Gasteiger partial charge in [0, 0.05) is 18.5 Å². The molecule has 5 heterocycles. The molecule has 0 aliphatic carbocycles. The molecule has 302 valence electrons. The highest BCUT2D eigenvalue weighted by Crippen LogP contribution is 2.45. The minimum absolute atomic E-state index is 0.140. The maximum Gasteiger partial charge on any atom is 0.407 e. The van der Waals surface area contributed by atoms with Crippen molar-refractivity contribution in [1.82, 2.24) is 35.5 Å². The molecule has 2 aromatic heterocycles. The third-order valence-electron chi connectivity index (χ3n) is 11.6. The number of imidazole rings is 2. The van der Waals surface area contributed by atoms with Crippen LogP contribution in [-0.2, 0) is 31.9 Å². The maximum absolute atomic E-state index is 13.9. The number of aromatic nitrogens is 4. The van der Waals surface area contributed by atoms with Gasteiger partial charge in [-0.05, 0) is 65.5 Å². The molecule has 4 N–H and O–H groups in total. The number of methoxy groups -OCH3 is 2. The number of nitrogens with zero attached hydrogens (tertiary/aromatic N) is 5. The van der Waals surface area contributed by atoms with Crippen LogP contribution >= 0.6 is 0 Å². The first-order chi connectivity index (χ1) is 28.6. The molecule has 0 bridgehead atoms. The minimum atomic E-state index is -0.729. The lowest BCUT2D eigenvalue weighted by Crippen LogP contribution is -2.51. The lowest BCUT2D eigenvalue weighted by atomic mass is 9.96. The normalized spacial score (nSPS) is 18.8. The van der Waals surface area contributed by atoms with Crippen molar-refractivity contribution in [1.29, 1.82) is 5.26 Å². The molecule has 5 aromatic rings. The Kier molecular flexibility index (Phi) is 10.6. The third kappa shape index (κ3) is 7.37. The van der Waals surface area contributed by atoms with Crippen molar-refractivity contribution in [3.63, 3.8) is 0 Å². The maximum atomic E-state index is 13.9. The average molecular weight is 796 g/mol. The molecule has 3 aliphatic heterocycles. The molecule has 1 saturated heterocycles. The first kappa shape index (κ1) is 38.9. The highest BCUT2D eigenvalue weighted by molar-refractivity contribution is 6.02. The summed E-state index contributed by atoms with van der Waals surface area (Å²) in [7, 11) is 2.56. The zero-order valence-electron chi connectivity index (χ0n) is 33.2. The van der Waals surface area contributed by atoms with E-state index in [9.17, 15) is 24.4 Å². The number of anilines is 1. The molecule has 0 radical (unpaired) electrons. The number of rotatable bonds is 9. The summed E-state index contributed by atoms with van der Waals surface area (Å²) in [5.41, 5.74) is 8.31. The standard InChI is InChI=1S/C44H45N9O6/c1-24(2)37(51-44(57)59-4)42(55)52-18-6-9-35(52)39-46-23-34(49-39)28-14-16-31(30(19-28)21-45)25-10-12-26(13-11-25)33-22-47-40(48-33)36-20-29-8-5-7-27-15-17-32(50-43(56)58-3)41(54)53(36)38(27)29/h5,7-8,10-14,16,19,22-24,32,35-37H,6,9,15,17-18,20H2,1-4H3,(H,46,49)(H,47,48)(H,50,56)(H,51,57)/t32-,35-,36-,37-/m0/s1. The number of aryl methyl sites for hydroxylation is 1. The molecule has 4 atom stereocenters. The molecule has 15 nitrogen and oxygen atoms in total. The van der Waals surface area contributed by atoms with Crippen LogP contribution in [0.4, 0.5) is 15.3 Å². The Morgan fingerprint density at radius 1 is 0.864 bits per heavy atom. The number of nitriles is 1. The average Bonchev–Trinajstić information content (AvgIpc) is 4.08. The van der Waals surface area contributed by atoms with Crippen LogP contribution in [0, 0.1) is 17.2 Å². The van der Waals surface area contributed by atoms with Gasteiger partial charge in [-0.1, -0.05) is 68.4 Å². The summed E-state index contributed by atoms with van der Waals surface area (Å²) in [6.45, 7) is 4.31. The van der Waals surface area contributed by atoms with Crippen LogP contribution in [0.25, 0.3) is 33.6 Å². The van der Waals surface area contributed by atoms with Crippen LogP contribution in [0.15, 0.2) is 73.1 Å². The predicted molar refractivity (Wildman–Crippen MR) is 218 cm³/mol. The van der Waals surface area contributed by atoms with Crippen LogP contribution in [0.5, 0.6) is 0 Å². The number of carbonyl (C=O) groups is 4. The van der Waals surface area contributed by atoms with Crippen molar-refractivity contribution in [2.75, 3.05) is 25.7 Å². The Morgan fingerprint density at radius 2 is 1.53 bits per heavy atom. The molecule has 15 heteroatoms. The summed E-state index contributed by atoms with van der Waals surface area (Å²) in [6, 6.07) is 19.9. The molecular weight excluding hydrogens is 751 g/mol. The first-order valence-electron chi connectivity index (χ1n) is 19.8. The smallest absolute Gasteiger partial charge is 0.407 e. The number of likely N-dealkylation sites (tertiary alicyclic amines) is 1. The van der Waals surface area contributed by atoms with Gasteiger partial charge in [0.2, 0.25) is 11.8 Å². The summed E-state index contributed by atoms with van der Waals surface area (Å²) in [4.78, 5) is 71.4. The van der Waals surface area contributed by atoms with Gasteiger partial charge in [0.05, 0.1) is 67.4 Å². The van der Waals surface area contributed by atoms with Crippen LogP contribution in [0.2, 0.25) is 0 Å². The Balaban J connectivity index is 0.987. The summed E-state index contributed by atoms with van der Waals surface area (Å²) in [5.74, 6) is 0.769. The minimum Gasteiger partial charge on any atom is -0.453 e. The van der Waals surface area contributed by atoms with E-state index in [1.807, 2.05) is 74.5 Å². The number of benzene rings is 3. The molecule has 8 rings (SSSR count). The summed E-state index contributed by atoms with van der Waals surface area (Å²) in [6.07, 6.45) is 5.41. The van der Waals surface area contributed by atoms with Gasteiger partial charge in [0.25, 0.3) is 0 Å². The van der Waals surface area contributed by atoms with Crippen molar-refractivity contribution in [2.45, 2.75) is 70.1 Å². The molecular formula is C44H45N9O6. The van der Waals surface area contributed by atoms with E-state index in [-0.39, 0.29) is 29.8 Å². The first-order valence-corrected chi connectivity index (χ1v) is 19.8. The van der Waals surface area contributed by atoms with Crippen LogP contribution < -0.4 is 15.5 Å². The summed E-state index contributed by atoms with van der Waals surface area (Å²) >= 11 is 0. The number of aromatic amines is 2. The quantitative estimate of drug-likeness (QED) is 0.131. The van der Waals surface area contributed by atoms with Gasteiger partial charge < -0.3 is 35.0 Å². The van der Waals surface area contributed by atoms with Crippen LogP contribution in [0.3, 0.4) is 0 Å². The van der Waals surface area contributed by atoms with Gasteiger partial charge in [0.15, 0.2) is 0 Å². The number of hydrogen-bond acceptors (Lipinski definition) is 9. The number of alkyl carbamates (subject to hydrolysis) is 2. The molecule has 1 fully saturated rings. The van der Waals surface area contributed by atoms with E-state index >= 15 is 0 Å². The molecule has 0 unspecified atom stereocenters. The van der Waals surface area contributed by atoms with Gasteiger partial charge in [-0.25, -0.2) is 19.6 Å². The van der Waals surface area contributed by atoms with Gasteiger partial charge in [0.1, 0.15) is 23.7 Å². The van der Waals surface area contributed by atoms with Crippen LogP contribution in [-0.4, -0.2) is 81.7 Å². The monoisotopic (exact) mass is 795 g/mol. The lowest BCUT2D eigenvalue weighted by molar-refractivity contribution is -0.135. The molecule has 59 heavy (non-hydrogen) atoms. The molecule has 0 saturated carbocycles. The van der Waals surface area contributed by atoms with E-state index in [4.69, 9.17) is 14.5 Å². The second kappa shape index (κ2) is 16.1. The van der Waals surface area contributed by atoms with E-state index in [2.05, 4.69) is 31.7 Å². The highest BCUT2D eigenvalue weighted by Gasteiger charge is 2.43. The topological polar surface area (TPSA) is 198 Å². The Labute approximate surface area is 341 Å². The Morgan fingerprint density at radius 3 is 2.22 bits per heavy atom. The Hall–Kier alpha value is -6.95. The number of para-hydroxylation sites is 1. The Bertz CT molecular complexity index is 2470. The second-order valence-electron chi connectivity index (χ2n) is 15.4. The molecule has 4 amide bonds. The fourth-order valence-corrected chi connectivity index (χ4v) is 8.57. The molecule has 0 spiro atoms. The van der Waals surface area contributed by atoms with Crippen LogP contribution in [0.1, 0.15) is 73.5 Å². The van der Waals surface area contributed by atoms with Crippen molar-refractivity contribution >= 4 is 29.7 Å². The summed E-state index contributed by atoms with van der Waals surface area (Å²) in [5, 5.41) is 15.6. The number of carbonyl (C=O) groups excluding carboxylic acids is 4. The SMILES string of the molecule is COC(=O)N[C@H]1CCc2cccc3c2N(C1=O)[C@H](c1ncc(-c2ccc(-c4ccc(-c5cnc([C@@H]6CCCN6C(=O)[C@@H](NC(=O)OC)C(C)C)[nH]5)cc4C#N)cc2)[nH]1)C3. The zero-order chi connectivity index (χ0) is 41.4. The number of nitrogens with one attached hydrogen (secondary N) is 4. The van der Waals surface area contributed by atoms with E-state index in [1.54, 1.807) is 22.2 Å². The third-order valence-corrected chi connectivity index (χ3v) is 11.6. The van der Waals surface area contributed by atoms with Crippen molar-refractivity contribution in [3.8, 4) is 39.7 Å². The number of hydrogen-bond donors (Lipinski definition) is 4. The highest BCUT2D eigenvalue weighted by atomic mass is 16.5. The molecule has 3 aromatic carbocycles. The fraction of sp³-hybridized carbons (Fsp3) is 0.341.